The van der Waals surface area contributed by atoms with Crippen LogP contribution in [0.15, 0.2) is 36.4 Å². The van der Waals surface area contributed by atoms with E-state index in [1.165, 1.54) is 24.3 Å². The van der Waals surface area contributed by atoms with Gasteiger partial charge in [-0.1, -0.05) is 18.2 Å². The van der Waals surface area contributed by atoms with Gasteiger partial charge in [0, 0.05) is 18.7 Å². The van der Waals surface area contributed by atoms with Gasteiger partial charge in [-0.15, -0.1) is 0 Å². The van der Waals surface area contributed by atoms with E-state index >= 15 is 0 Å². The third-order valence-corrected chi connectivity index (χ3v) is 4.06. The van der Waals surface area contributed by atoms with Gasteiger partial charge in [0.2, 0.25) is 11.8 Å². The van der Waals surface area contributed by atoms with Crippen LogP contribution in [-0.4, -0.2) is 11.8 Å². The summed E-state index contributed by atoms with van der Waals surface area (Å²) in [6.07, 6.45) is 0.00686. The van der Waals surface area contributed by atoms with Gasteiger partial charge in [0.1, 0.15) is 11.6 Å². The minimum atomic E-state index is -0.670. The summed E-state index contributed by atoms with van der Waals surface area (Å²) < 4.78 is 26.6. The van der Waals surface area contributed by atoms with Gasteiger partial charge in [-0.2, -0.15) is 0 Å². The monoisotopic (exact) mass is 330 g/mol. The lowest BCUT2D eigenvalue weighted by Crippen LogP contribution is -2.34. The molecule has 2 amide bonds. The van der Waals surface area contributed by atoms with Crippen LogP contribution in [0.3, 0.4) is 0 Å². The number of carbonyl (C=O) groups excluding carboxylic acids is 2. The maximum Gasteiger partial charge on any atom is 0.228 e. The molecule has 0 saturated heterocycles. The SMILES string of the molecule is Cc1cc(CNC(=O)C2CC(=O)Nc3cc(F)ccc32)ccc1F. The molecule has 1 aliphatic heterocycles. The van der Waals surface area contributed by atoms with Crippen molar-refractivity contribution < 1.29 is 18.4 Å². The van der Waals surface area contributed by atoms with Crippen molar-refractivity contribution in [3.63, 3.8) is 0 Å². The highest BCUT2D eigenvalue weighted by Crippen LogP contribution is 2.32. The number of amides is 2. The Morgan fingerprint density at radius 1 is 1.25 bits per heavy atom. The normalized spacial score (nSPS) is 16.3. The molecule has 2 aromatic rings. The minimum absolute atomic E-state index is 0.00686. The Hall–Kier alpha value is -2.76. The van der Waals surface area contributed by atoms with Crippen LogP contribution in [0.1, 0.15) is 29.0 Å². The van der Waals surface area contributed by atoms with Crippen LogP contribution in [0.2, 0.25) is 0 Å². The van der Waals surface area contributed by atoms with Crippen molar-refractivity contribution in [2.45, 2.75) is 25.8 Å². The summed E-state index contributed by atoms with van der Waals surface area (Å²) in [6.45, 7) is 1.88. The molecule has 4 nitrogen and oxygen atoms in total. The number of hydrogen-bond acceptors (Lipinski definition) is 2. The first kappa shape index (κ1) is 16.1. The largest absolute Gasteiger partial charge is 0.351 e. The maximum atomic E-state index is 13.3. The van der Waals surface area contributed by atoms with Crippen molar-refractivity contribution in [3.05, 3.63) is 64.7 Å². The molecule has 1 atom stereocenters. The molecule has 0 aromatic heterocycles. The van der Waals surface area contributed by atoms with Gasteiger partial charge in [-0.3, -0.25) is 9.59 Å². The third-order valence-electron chi connectivity index (χ3n) is 4.06. The molecule has 0 radical (unpaired) electrons. The van der Waals surface area contributed by atoms with E-state index in [9.17, 15) is 18.4 Å². The van der Waals surface area contributed by atoms with Gasteiger partial charge in [0.15, 0.2) is 0 Å². The van der Waals surface area contributed by atoms with E-state index in [-0.39, 0.29) is 30.6 Å². The second-order valence-corrected chi connectivity index (χ2v) is 5.84. The van der Waals surface area contributed by atoms with E-state index in [4.69, 9.17) is 0 Å². The fraction of sp³-hybridized carbons (Fsp3) is 0.222. The van der Waals surface area contributed by atoms with Crippen LogP contribution >= 0.6 is 0 Å². The number of hydrogen-bond donors (Lipinski definition) is 2. The molecule has 0 bridgehead atoms. The summed E-state index contributed by atoms with van der Waals surface area (Å²) in [4.78, 5) is 24.2. The molecule has 0 spiro atoms. The van der Waals surface area contributed by atoms with E-state index in [2.05, 4.69) is 10.6 Å². The highest BCUT2D eigenvalue weighted by atomic mass is 19.1. The molecule has 1 unspecified atom stereocenters. The molecular weight excluding hydrogens is 314 g/mol. The highest BCUT2D eigenvalue weighted by molar-refractivity contribution is 6.01. The van der Waals surface area contributed by atoms with E-state index in [1.54, 1.807) is 19.1 Å². The predicted octanol–water partition coefficient (Wildman–Crippen LogP) is 3.02. The fourth-order valence-corrected chi connectivity index (χ4v) is 2.80. The number of halogens is 2. The summed E-state index contributed by atoms with van der Waals surface area (Å²) >= 11 is 0. The second kappa shape index (κ2) is 6.39. The summed E-state index contributed by atoms with van der Waals surface area (Å²) in [7, 11) is 0. The number of nitrogens with one attached hydrogen (secondary N) is 2. The predicted molar refractivity (Wildman–Crippen MR) is 85.4 cm³/mol. The van der Waals surface area contributed by atoms with E-state index in [1.807, 2.05) is 0 Å². The summed E-state index contributed by atoms with van der Waals surface area (Å²) in [5.74, 6) is -2.09. The summed E-state index contributed by atoms with van der Waals surface area (Å²) in [5.41, 5.74) is 2.18. The first-order chi connectivity index (χ1) is 11.4. The average molecular weight is 330 g/mol. The first-order valence-electron chi connectivity index (χ1n) is 7.56. The van der Waals surface area contributed by atoms with Crippen LogP contribution in [0.25, 0.3) is 0 Å². The van der Waals surface area contributed by atoms with Crippen molar-refractivity contribution >= 4 is 17.5 Å². The molecule has 24 heavy (non-hydrogen) atoms. The lowest BCUT2D eigenvalue weighted by Gasteiger charge is -2.25. The van der Waals surface area contributed by atoms with Crippen LogP contribution in [-0.2, 0) is 16.1 Å². The summed E-state index contributed by atoms with van der Waals surface area (Å²) in [6, 6.07) is 8.58. The molecule has 6 heteroatoms. The van der Waals surface area contributed by atoms with Crippen molar-refractivity contribution in [1.82, 2.24) is 5.32 Å². The standard InChI is InChI=1S/C18H16F2N2O2/c1-10-6-11(2-5-15(10)20)9-21-18(24)14-8-17(23)22-16-7-12(19)3-4-13(14)16/h2-7,14H,8-9H2,1H3,(H,21,24)(H,22,23). The molecule has 0 saturated carbocycles. The van der Waals surface area contributed by atoms with Crippen LogP contribution < -0.4 is 10.6 Å². The highest BCUT2D eigenvalue weighted by Gasteiger charge is 2.30. The Kier molecular flexibility index (Phi) is 4.29. The van der Waals surface area contributed by atoms with Gasteiger partial charge in [0.05, 0.1) is 5.92 Å². The van der Waals surface area contributed by atoms with E-state index in [0.29, 0.717) is 16.8 Å². The van der Waals surface area contributed by atoms with Gasteiger partial charge < -0.3 is 10.6 Å². The average Bonchev–Trinajstić information content (AvgIpc) is 2.54. The Morgan fingerprint density at radius 2 is 2.04 bits per heavy atom. The quantitative estimate of drug-likeness (QED) is 0.909. The zero-order chi connectivity index (χ0) is 17.3. The number of rotatable bonds is 3. The number of carbonyl (C=O) groups is 2. The van der Waals surface area contributed by atoms with Crippen molar-refractivity contribution in [2.75, 3.05) is 5.32 Å². The Bertz CT molecular complexity index is 821. The van der Waals surface area contributed by atoms with Crippen molar-refractivity contribution in [1.29, 1.82) is 0 Å². The smallest absolute Gasteiger partial charge is 0.228 e. The molecule has 2 N–H and O–H groups in total. The van der Waals surface area contributed by atoms with Crippen molar-refractivity contribution in [2.24, 2.45) is 0 Å². The minimum Gasteiger partial charge on any atom is -0.351 e. The topological polar surface area (TPSA) is 58.2 Å². The van der Waals surface area contributed by atoms with Gasteiger partial charge in [-0.05, 0) is 41.8 Å². The second-order valence-electron chi connectivity index (χ2n) is 5.84. The molecule has 1 heterocycles. The number of anilines is 1. The third kappa shape index (κ3) is 3.27. The van der Waals surface area contributed by atoms with Gasteiger partial charge in [-0.25, -0.2) is 8.78 Å². The Balaban J connectivity index is 1.75. The lowest BCUT2D eigenvalue weighted by atomic mass is 9.89. The number of benzene rings is 2. The van der Waals surface area contributed by atoms with E-state index < -0.39 is 11.7 Å². The Labute approximate surface area is 137 Å². The zero-order valence-corrected chi connectivity index (χ0v) is 13.0. The van der Waals surface area contributed by atoms with Crippen LogP contribution in [0, 0.1) is 18.6 Å². The van der Waals surface area contributed by atoms with Crippen molar-refractivity contribution in [3.8, 4) is 0 Å². The van der Waals surface area contributed by atoms with Crippen LogP contribution in [0.5, 0.6) is 0 Å². The van der Waals surface area contributed by atoms with Crippen LogP contribution in [0.4, 0.5) is 14.5 Å². The summed E-state index contributed by atoms with van der Waals surface area (Å²) in [5, 5.41) is 5.33. The number of aryl methyl sites for hydroxylation is 1. The first-order valence-corrected chi connectivity index (χ1v) is 7.56. The van der Waals surface area contributed by atoms with Gasteiger partial charge >= 0.3 is 0 Å². The fourth-order valence-electron chi connectivity index (χ4n) is 2.80. The molecule has 0 fully saturated rings. The molecule has 124 valence electrons. The van der Waals surface area contributed by atoms with Gasteiger partial charge in [0.25, 0.3) is 0 Å². The molecule has 2 aromatic carbocycles. The molecule has 0 aliphatic carbocycles. The molecule has 3 rings (SSSR count). The number of fused-ring (bicyclic) bond motifs is 1. The zero-order valence-electron chi connectivity index (χ0n) is 13.0. The van der Waals surface area contributed by atoms with E-state index in [0.717, 1.165) is 5.56 Å². The molecule has 1 aliphatic rings. The lowest BCUT2D eigenvalue weighted by molar-refractivity contribution is -0.126. The Morgan fingerprint density at radius 3 is 2.79 bits per heavy atom. The maximum absolute atomic E-state index is 13.3. The molecular formula is C18H16F2N2O2.